The van der Waals surface area contributed by atoms with Gasteiger partial charge in [0.15, 0.2) is 0 Å². The van der Waals surface area contributed by atoms with E-state index in [-0.39, 0.29) is 12.1 Å². The molecular weight excluding hydrogens is 302 g/mol. The van der Waals surface area contributed by atoms with Crippen LogP contribution in [0.15, 0.2) is 30.5 Å². The second kappa shape index (κ2) is 6.39. The molecule has 3 N–H and O–H groups in total. The fourth-order valence-corrected chi connectivity index (χ4v) is 3.05. The van der Waals surface area contributed by atoms with Crippen LogP contribution in [0, 0.1) is 13.8 Å². The number of rotatable bonds is 4. The summed E-state index contributed by atoms with van der Waals surface area (Å²) in [6.45, 7) is 6.05. The lowest BCUT2D eigenvalue weighted by atomic mass is 10.1. The van der Waals surface area contributed by atoms with Crippen molar-refractivity contribution in [2.24, 2.45) is 7.05 Å². The van der Waals surface area contributed by atoms with Crippen molar-refractivity contribution in [1.29, 1.82) is 0 Å². The van der Waals surface area contributed by atoms with Crippen LogP contribution in [0.3, 0.4) is 0 Å². The number of H-pyrrole nitrogens is 1. The highest BCUT2D eigenvalue weighted by molar-refractivity contribution is 6.00. The van der Waals surface area contributed by atoms with E-state index in [1.165, 1.54) is 5.56 Å². The molecule has 0 saturated heterocycles. The van der Waals surface area contributed by atoms with Gasteiger partial charge >= 0.3 is 6.03 Å². The number of urea groups is 1. The quantitative estimate of drug-likeness (QED) is 0.688. The van der Waals surface area contributed by atoms with Gasteiger partial charge in [-0.2, -0.15) is 5.10 Å². The van der Waals surface area contributed by atoms with Crippen LogP contribution in [-0.2, 0) is 13.5 Å². The first-order valence-electron chi connectivity index (χ1n) is 8.08. The zero-order chi connectivity index (χ0) is 17.3. The molecule has 6 nitrogen and oxygen atoms in total. The van der Waals surface area contributed by atoms with E-state index >= 15 is 0 Å². The van der Waals surface area contributed by atoms with Gasteiger partial charge < -0.3 is 15.6 Å². The third-order valence-corrected chi connectivity index (χ3v) is 4.39. The lowest BCUT2D eigenvalue weighted by Gasteiger charge is -2.15. The molecular formula is C18H23N5O. The molecule has 0 fully saturated rings. The predicted octanol–water partition coefficient (Wildman–Crippen LogP) is 3.27. The van der Waals surface area contributed by atoms with Gasteiger partial charge in [-0.1, -0.05) is 6.07 Å². The van der Waals surface area contributed by atoms with Crippen LogP contribution in [0.25, 0.3) is 10.9 Å². The van der Waals surface area contributed by atoms with Crippen molar-refractivity contribution in [2.75, 3.05) is 5.32 Å². The van der Waals surface area contributed by atoms with E-state index in [0.29, 0.717) is 0 Å². The van der Waals surface area contributed by atoms with Crippen molar-refractivity contribution < 1.29 is 4.79 Å². The van der Waals surface area contributed by atoms with E-state index in [1.54, 1.807) is 0 Å². The van der Waals surface area contributed by atoms with Crippen LogP contribution in [0.5, 0.6) is 0 Å². The number of aromatic nitrogens is 3. The molecule has 3 rings (SSSR count). The minimum absolute atomic E-state index is 0.0111. The van der Waals surface area contributed by atoms with Crippen LogP contribution in [0.4, 0.5) is 10.5 Å². The second-order valence-electron chi connectivity index (χ2n) is 6.22. The summed E-state index contributed by atoms with van der Waals surface area (Å²) in [5, 5.41) is 11.4. The highest BCUT2D eigenvalue weighted by atomic mass is 16.2. The smallest absolute Gasteiger partial charge is 0.319 e. The van der Waals surface area contributed by atoms with Crippen LogP contribution in [-0.4, -0.2) is 26.8 Å². The summed E-state index contributed by atoms with van der Waals surface area (Å²) in [6.07, 6.45) is 2.62. The summed E-state index contributed by atoms with van der Waals surface area (Å²) >= 11 is 0. The van der Waals surface area contributed by atoms with Crippen molar-refractivity contribution in [3.8, 4) is 0 Å². The van der Waals surface area contributed by atoms with Crippen LogP contribution >= 0.6 is 0 Å². The SMILES string of the molecule is Cc1nn(C)c(C)c1CC(C)NC(=O)Nc1cccc2[nH]ccc12. The van der Waals surface area contributed by atoms with E-state index in [4.69, 9.17) is 0 Å². The first kappa shape index (κ1) is 16.1. The Kier molecular flexibility index (Phi) is 4.29. The number of nitrogens with zero attached hydrogens (tertiary/aromatic N) is 2. The van der Waals surface area contributed by atoms with Gasteiger partial charge in [0.05, 0.1) is 11.4 Å². The Hall–Kier alpha value is -2.76. The molecule has 3 aromatic rings. The topological polar surface area (TPSA) is 74.7 Å². The lowest BCUT2D eigenvalue weighted by molar-refractivity contribution is 0.249. The summed E-state index contributed by atoms with van der Waals surface area (Å²) in [7, 11) is 1.94. The molecule has 2 aromatic heterocycles. The Morgan fingerprint density at radius 3 is 2.83 bits per heavy atom. The zero-order valence-electron chi connectivity index (χ0n) is 14.5. The largest absolute Gasteiger partial charge is 0.361 e. The number of hydrogen-bond acceptors (Lipinski definition) is 2. The molecule has 6 heteroatoms. The molecule has 2 heterocycles. The molecule has 0 aliphatic heterocycles. The Labute approximate surface area is 141 Å². The molecule has 0 bridgehead atoms. The molecule has 0 radical (unpaired) electrons. The molecule has 1 unspecified atom stereocenters. The van der Waals surface area contributed by atoms with E-state index in [0.717, 1.165) is 34.4 Å². The summed E-state index contributed by atoms with van der Waals surface area (Å²) in [6, 6.07) is 7.56. The number of aryl methyl sites for hydroxylation is 2. The van der Waals surface area contributed by atoms with Gasteiger partial charge in [0.2, 0.25) is 0 Å². The van der Waals surface area contributed by atoms with Gasteiger partial charge in [0.25, 0.3) is 0 Å². The number of carbonyl (C=O) groups is 1. The highest BCUT2D eigenvalue weighted by Crippen LogP contribution is 2.22. The Morgan fingerprint density at radius 1 is 1.33 bits per heavy atom. The van der Waals surface area contributed by atoms with Crippen molar-refractivity contribution in [3.63, 3.8) is 0 Å². The normalized spacial score (nSPS) is 12.3. The summed E-state index contributed by atoms with van der Waals surface area (Å²) in [5.74, 6) is 0. The fourth-order valence-electron chi connectivity index (χ4n) is 3.05. The van der Waals surface area contributed by atoms with Gasteiger partial charge in [-0.05, 0) is 51.0 Å². The van der Waals surface area contributed by atoms with Gasteiger partial charge in [-0.25, -0.2) is 4.79 Å². The zero-order valence-corrected chi connectivity index (χ0v) is 14.5. The van der Waals surface area contributed by atoms with Gasteiger partial charge in [-0.15, -0.1) is 0 Å². The summed E-state index contributed by atoms with van der Waals surface area (Å²) in [4.78, 5) is 15.4. The molecule has 0 aliphatic carbocycles. The average molecular weight is 325 g/mol. The van der Waals surface area contributed by atoms with Crippen LogP contribution in [0.1, 0.15) is 23.9 Å². The minimum Gasteiger partial charge on any atom is -0.361 e. The molecule has 126 valence electrons. The summed E-state index contributed by atoms with van der Waals surface area (Å²) in [5.41, 5.74) is 5.15. The van der Waals surface area contributed by atoms with Gasteiger partial charge in [-0.3, -0.25) is 4.68 Å². The number of carbonyl (C=O) groups excluding carboxylic acids is 1. The Morgan fingerprint density at radius 2 is 2.12 bits per heavy atom. The van der Waals surface area contributed by atoms with Gasteiger partial charge in [0.1, 0.15) is 0 Å². The predicted molar refractivity (Wildman–Crippen MR) is 96.3 cm³/mol. The van der Waals surface area contributed by atoms with Gasteiger partial charge in [0, 0.05) is 35.9 Å². The van der Waals surface area contributed by atoms with E-state index in [9.17, 15) is 4.79 Å². The third kappa shape index (κ3) is 3.13. The maximum Gasteiger partial charge on any atom is 0.319 e. The number of aromatic amines is 1. The number of anilines is 1. The van der Waals surface area contributed by atoms with Crippen molar-refractivity contribution in [1.82, 2.24) is 20.1 Å². The molecule has 24 heavy (non-hydrogen) atoms. The third-order valence-electron chi connectivity index (χ3n) is 4.39. The number of nitrogens with one attached hydrogen (secondary N) is 3. The standard InChI is InChI=1S/C18H23N5O/c1-11(10-15-12(2)22-23(4)13(15)3)20-18(24)21-17-7-5-6-16-14(17)8-9-19-16/h5-9,11,19H,10H2,1-4H3,(H2,20,21,24). The first-order chi connectivity index (χ1) is 11.5. The fraction of sp³-hybridized carbons (Fsp3) is 0.333. The number of amides is 2. The van der Waals surface area contributed by atoms with Crippen LogP contribution < -0.4 is 10.6 Å². The van der Waals surface area contributed by atoms with Crippen molar-refractivity contribution >= 4 is 22.6 Å². The lowest BCUT2D eigenvalue weighted by Crippen LogP contribution is -2.37. The van der Waals surface area contributed by atoms with Crippen molar-refractivity contribution in [3.05, 3.63) is 47.4 Å². The van der Waals surface area contributed by atoms with E-state index in [2.05, 4.69) is 27.6 Å². The number of benzene rings is 1. The molecule has 0 aliphatic rings. The number of hydrogen-bond donors (Lipinski definition) is 3. The Balaban J connectivity index is 1.65. The molecule has 1 atom stereocenters. The molecule has 0 spiro atoms. The minimum atomic E-state index is -0.199. The van der Waals surface area contributed by atoms with Crippen LogP contribution in [0.2, 0.25) is 0 Å². The maximum atomic E-state index is 12.3. The Bertz CT molecular complexity index is 877. The number of fused-ring (bicyclic) bond motifs is 1. The van der Waals surface area contributed by atoms with Crippen molar-refractivity contribution in [2.45, 2.75) is 33.2 Å². The average Bonchev–Trinajstić information content (AvgIpc) is 3.09. The monoisotopic (exact) mass is 325 g/mol. The second-order valence-corrected chi connectivity index (χ2v) is 6.22. The van der Waals surface area contributed by atoms with E-state index in [1.807, 2.05) is 56.0 Å². The first-order valence-corrected chi connectivity index (χ1v) is 8.08. The molecule has 2 amide bonds. The molecule has 1 aromatic carbocycles. The maximum absolute atomic E-state index is 12.3. The highest BCUT2D eigenvalue weighted by Gasteiger charge is 2.15. The summed E-state index contributed by atoms with van der Waals surface area (Å²) < 4.78 is 1.88. The van der Waals surface area contributed by atoms with E-state index < -0.39 is 0 Å². The molecule has 0 saturated carbocycles.